The van der Waals surface area contributed by atoms with Crippen LogP contribution in [0.1, 0.15) is 64.7 Å². The molecule has 3 atom stereocenters. The summed E-state index contributed by atoms with van der Waals surface area (Å²) in [6, 6.07) is 0. The van der Waals surface area contributed by atoms with Crippen LogP contribution in [0.4, 0.5) is 0 Å². The zero-order valence-electron chi connectivity index (χ0n) is 14.4. The fourth-order valence-electron chi connectivity index (χ4n) is 3.12. The van der Waals surface area contributed by atoms with Gasteiger partial charge in [-0.1, -0.05) is 49.8 Å². The van der Waals surface area contributed by atoms with Gasteiger partial charge in [0.25, 0.3) is 0 Å². The monoisotopic (exact) mass is 320 g/mol. The third kappa shape index (κ3) is 9.39. The van der Waals surface area contributed by atoms with Gasteiger partial charge in [0, 0.05) is 6.42 Å². The van der Waals surface area contributed by atoms with E-state index in [1.807, 2.05) is 12.2 Å². The normalized spacial score (nSPS) is 23.4. The Labute approximate surface area is 140 Å². The first-order valence-corrected chi connectivity index (χ1v) is 9.01. The summed E-state index contributed by atoms with van der Waals surface area (Å²) in [7, 11) is 0. The molecule has 1 fully saturated rings. The zero-order chi connectivity index (χ0) is 16.9. The maximum absolute atomic E-state index is 10.4. The van der Waals surface area contributed by atoms with Crippen LogP contribution in [0.3, 0.4) is 0 Å². The number of aliphatic hydroxyl groups is 1. The number of aliphatic hydroxyl groups excluding tert-OH is 1. The van der Waals surface area contributed by atoms with Gasteiger partial charge in [0.05, 0.1) is 6.10 Å². The topological polar surface area (TPSA) is 57.5 Å². The summed E-state index contributed by atoms with van der Waals surface area (Å²) < 4.78 is 0. The zero-order valence-corrected chi connectivity index (χ0v) is 14.4. The lowest BCUT2D eigenvalue weighted by molar-refractivity contribution is -0.137. The largest absolute Gasteiger partial charge is 0.481 e. The summed E-state index contributed by atoms with van der Waals surface area (Å²) in [6.45, 7) is 2.09. The third-order valence-electron chi connectivity index (χ3n) is 4.45. The minimum atomic E-state index is -0.716. The van der Waals surface area contributed by atoms with Gasteiger partial charge in [0.1, 0.15) is 0 Å². The Morgan fingerprint density at radius 1 is 1.22 bits per heavy atom. The van der Waals surface area contributed by atoms with E-state index < -0.39 is 5.97 Å². The highest BCUT2D eigenvalue weighted by Crippen LogP contribution is 2.35. The van der Waals surface area contributed by atoms with Gasteiger partial charge >= 0.3 is 5.97 Å². The van der Waals surface area contributed by atoms with Crippen molar-refractivity contribution in [1.29, 1.82) is 0 Å². The van der Waals surface area contributed by atoms with E-state index in [0.717, 1.165) is 25.7 Å². The third-order valence-corrected chi connectivity index (χ3v) is 4.45. The van der Waals surface area contributed by atoms with E-state index in [0.29, 0.717) is 18.3 Å². The lowest BCUT2D eigenvalue weighted by atomic mass is 9.91. The molecule has 0 bridgehead atoms. The van der Waals surface area contributed by atoms with Crippen molar-refractivity contribution in [1.82, 2.24) is 0 Å². The van der Waals surface area contributed by atoms with Crippen LogP contribution in [0.25, 0.3) is 0 Å². The Balaban J connectivity index is 2.28. The Morgan fingerprint density at radius 2 is 2.04 bits per heavy atom. The van der Waals surface area contributed by atoms with Crippen LogP contribution in [-0.2, 0) is 4.79 Å². The fourth-order valence-corrected chi connectivity index (χ4v) is 3.12. The van der Waals surface area contributed by atoms with E-state index in [1.54, 1.807) is 0 Å². The number of unbranched alkanes of at least 4 members (excludes halogenated alkanes) is 1. The van der Waals surface area contributed by atoms with Crippen LogP contribution in [0, 0.1) is 11.8 Å². The van der Waals surface area contributed by atoms with Crippen molar-refractivity contribution in [3.05, 3.63) is 36.5 Å². The first kappa shape index (κ1) is 19.7. The molecule has 2 N–H and O–H groups in total. The van der Waals surface area contributed by atoms with Crippen LogP contribution in [0.15, 0.2) is 36.5 Å². The maximum atomic E-state index is 10.4. The average molecular weight is 320 g/mol. The molecule has 0 aromatic rings. The SMILES string of the molecule is CC/C=C\CC(O)/C=C/C1CCCC1C/C=C\CCCC(=O)O. The first-order chi connectivity index (χ1) is 11.1. The van der Waals surface area contributed by atoms with Crippen LogP contribution < -0.4 is 0 Å². The first-order valence-electron chi connectivity index (χ1n) is 9.01. The molecule has 0 aromatic carbocycles. The van der Waals surface area contributed by atoms with Gasteiger partial charge in [-0.25, -0.2) is 0 Å². The molecule has 130 valence electrons. The Kier molecular flexibility index (Phi) is 10.4. The molecular weight excluding hydrogens is 288 g/mol. The number of rotatable bonds is 11. The van der Waals surface area contributed by atoms with Gasteiger partial charge in [-0.3, -0.25) is 4.79 Å². The molecule has 1 aliphatic carbocycles. The number of carboxylic acid groups (broad SMARTS) is 1. The van der Waals surface area contributed by atoms with Crippen molar-refractivity contribution in [2.24, 2.45) is 11.8 Å². The number of hydrogen-bond donors (Lipinski definition) is 2. The van der Waals surface area contributed by atoms with E-state index in [-0.39, 0.29) is 12.5 Å². The van der Waals surface area contributed by atoms with Crippen molar-refractivity contribution in [3.8, 4) is 0 Å². The lowest BCUT2D eigenvalue weighted by Gasteiger charge is -2.14. The molecule has 1 aliphatic rings. The second-order valence-electron chi connectivity index (χ2n) is 6.42. The molecule has 0 heterocycles. The summed E-state index contributed by atoms with van der Waals surface area (Å²) in [6.07, 6.45) is 20.6. The van der Waals surface area contributed by atoms with Crippen molar-refractivity contribution in [2.45, 2.75) is 70.8 Å². The number of aliphatic carboxylic acids is 1. The predicted molar refractivity (Wildman–Crippen MR) is 95.3 cm³/mol. The molecule has 0 saturated heterocycles. The number of carbonyl (C=O) groups is 1. The summed E-state index contributed by atoms with van der Waals surface area (Å²) in [5.74, 6) is 0.524. The predicted octanol–water partition coefficient (Wildman–Crippen LogP) is 4.88. The molecular formula is C20H32O3. The Hall–Kier alpha value is -1.35. The van der Waals surface area contributed by atoms with Gasteiger partial charge < -0.3 is 10.2 Å². The van der Waals surface area contributed by atoms with Gasteiger partial charge in [-0.05, 0) is 56.8 Å². The van der Waals surface area contributed by atoms with Crippen molar-refractivity contribution < 1.29 is 15.0 Å². The molecule has 1 saturated carbocycles. The average Bonchev–Trinajstić information content (AvgIpc) is 2.96. The standard InChI is InChI=1S/C20H32O3/c1-2-3-6-13-19(21)16-15-18-12-9-11-17(18)10-7-4-5-8-14-20(22)23/h3-4,6-7,15-19,21H,2,5,8-14H2,1H3,(H,22,23)/b6-3-,7-4-,16-15+. The molecule has 3 nitrogen and oxygen atoms in total. The highest BCUT2D eigenvalue weighted by atomic mass is 16.4. The quantitative estimate of drug-likeness (QED) is 0.421. The molecule has 0 amide bonds. The molecule has 3 heteroatoms. The van der Waals surface area contributed by atoms with Crippen LogP contribution in [0.5, 0.6) is 0 Å². The lowest BCUT2D eigenvalue weighted by Crippen LogP contribution is -2.06. The minimum absolute atomic E-state index is 0.253. The molecule has 3 unspecified atom stereocenters. The molecule has 23 heavy (non-hydrogen) atoms. The summed E-state index contributed by atoms with van der Waals surface area (Å²) in [5, 5.41) is 18.5. The Bertz CT molecular complexity index is 409. The molecule has 1 rings (SSSR count). The molecule has 0 spiro atoms. The van der Waals surface area contributed by atoms with Crippen molar-refractivity contribution in [2.75, 3.05) is 0 Å². The van der Waals surface area contributed by atoms with Gasteiger partial charge in [0.2, 0.25) is 0 Å². The van der Waals surface area contributed by atoms with E-state index in [9.17, 15) is 9.90 Å². The van der Waals surface area contributed by atoms with E-state index in [1.165, 1.54) is 19.3 Å². The van der Waals surface area contributed by atoms with Crippen LogP contribution in [0.2, 0.25) is 0 Å². The maximum Gasteiger partial charge on any atom is 0.303 e. The minimum Gasteiger partial charge on any atom is -0.481 e. The number of hydrogen-bond acceptors (Lipinski definition) is 2. The second-order valence-corrected chi connectivity index (χ2v) is 6.42. The van der Waals surface area contributed by atoms with Gasteiger partial charge in [0.15, 0.2) is 0 Å². The smallest absolute Gasteiger partial charge is 0.303 e. The molecule has 0 aromatic heterocycles. The fraction of sp³-hybridized carbons (Fsp3) is 0.650. The molecule has 0 radical (unpaired) electrons. The van der Waals surface area contributed by atoms with E-state index in [2.05, 4.69) is 31.2 Å². The van der Waals surface area contributed by atoms with Gasteiger partial charge in [-0.15, -0.1) is 0 Å². The summed E-state index contributed by atoms with van der Waals surface area (Å²) >= 11 is 0. The highest BCUT2D eigenvalue weighted by molar-refractivity contribution is 5.66. The Morgan fingerprint density at radius 3 is 2.78 bits per heavy atom. The number of allylic oxidation sites excluding steroid dienone is 4. The second kappa shape index (κ2) is 12.1. The van der Waals surface area contributed by atoms with Crippen molar-refractivity contribution in [3.63, 3.8) is 0 Å². The number of carboxylic acids is 1. The van der Waals surface area contributed by atoms with Gasteiger partial charge in [-0.2, -0.15) is 0 Å². The summed E-state index contributed by atoms with van der Waals surface area (Å²) in [5.41, 5.74) is 0. The van der Waals surface area contributed by atoms with Crippen molar-refractivity contribution >= 4 is 5.97 Å². The highest BCUT2D eigenvalue weighted by Gasteiger charge is 2.23. The van der Waals surface area contributed by atoms with Crippen LogP contribution >= 0.6 is 0 Å². The molecule has 0 aliphatic heterocycles. The van der Waals surface area contributed by atoms with Crippen LogP contribution in [-0.4, -0.2) is 22.3 Å². The van der Waals surface area contributed by atoms with E-state index in [4.69, 9.17) is 5.11 Å². The van der Waals surface area contributed by atoms with E-state index >= 15 is 0 Å². The summed E-state index contributed by atoms with van der Waals surface area (Å²) in [4.78, 5) is 10.4.